The fourth-order valence-corrected chi connectivity index (χ4v) is 2.61. The SMILES string of the molecule is CCC1(CNCC(O)c2ccc(F)cc2)CCC1. The van der Waals surface area contributed by atoms with Gasteiger partial charge in [0, 0.05) is 13.1 Å². The summed E-state index contributed by atoms with van der Waals surface area (Å²) in [5.74, 6) is -0.265. The van der Waals surface area contributed by atoms with Gasteiger partial charge in [-0.1, -0.05) is 25.5 Å². The van der Waals surface area contributed by atoms with Gasteiger partial charge in [-0.25, -0.2) is 4.39 Å². The van der Waals surface area contributed by atoms with Crippen LogP contribution in [0.3, 0.4) is 0 Å². The zero-order chi connectivity index (χ0) is 13.0. The molecule has 3 heteroatoms. The Morgan fingerprint density at radius 3 is 2.50 bits per heavy atom. The van der Waals surface area contributed by atoms with Gasteiger partial charge in [0.15, 0.2) is 0 Å². The molecule has 1 atom stereocenters. The van der Waals surface area contributed by atoms with Crippen molar-refractivity contribution in [2.45, 2.75) is 38.7 Å². The summed E-state index contributed by atoms with van der Waals surface area (Å²) < 4.78 is 12.8. The van der Waals surface area contributed by atoms with E-state index in [2.05, 4.69) is 12.2 Å². The van der Waals surface area contributed by atoms with E-state index in [0.29, 0.717) is 12.0 Å². The van der Waals surface area contributed by atoms with Crippen molar-refractivity contribution in [1.82, 2.24) is 5.32 Å². The second-order valence-electron chi connectivity index (χ2n) is 5.41. The molecule has 1 aromatic rings. The Bertz CT molecular complexity index is 367. The quantitative estimate of drug-likeness (QED) is 0.814. The molecule has 0 heterocycles. The Morgan fingerprint density at radius 2 is 2.00 bits per heavy atom. The van der Waals surface area contributed by atoms with Gasteiger partial charge in [-0.3, -0.25) is 0 Å². The molecule has 1 saturated carbocycles. The van der Waals surface area contributed by atoms with E-state index >= 15 is 0 Å². The maximum Gasteiger partial charge on any atom is 0.123 e. The number of benzene rings is 1. The van der Waals surface area contributed by atoms with E-state index in [1.165, 1.54) is 37.8 Å². The fraction of sp³-hybridized carbons (Fsp3) is 0.600. The molecule has 0 aliphatic heterocycles. The molecule has 2 rings (SSSR count). The molecular formula is C15H22FNO. The first-order valence-corrected chi connectivity index (χ1v) is 6.79. The summed E-state index contributed by atoms with van der Waals surface area (Å²) in [6, 6.07) is 6.05. The second-order valence-corrected chi connectivity index (χ2v) is 5.41. The molecule has 0 amide bonds. The number of aliphatic hydroxyl groups excluding tert-OH is 1. The summed E-state index contributed by atoms with van der Waals surface area (Å²) in [6.45, 7) is 3.74. The van der Waals surface area contributed by atoms with Gasteiger partial charge < -0.3 is 10.4 Å². The fourth-order valence-electron chi connectivity index (χ4n) is 2.61. The van der Waals surface area contributed by atoms with Gasteiger partial charge in [0.1, 0.15) is 5.82 Å². The minimum Gasteiger partial charge on any atom is -0.387 e. The highest BCUT2D eigenvalue weighted by Crippen LogP contribution is 2.43. The molecule has 100 valence electrons. The van der Waals surface area contributed by atoms with Crippen LogP contribution in [0.15, 0.2) is 24.3 Å². The van der Waals surface area contributed by atoms with Gasteiger partial charge in [0.2, 0.25) is 0 Å². The Morgan fingerprint density at radius 1 is 1.33 bits per heavy atom. The smallest absolute Gasteiger partial charge is 0.123 e. The minimum absolute atomic E-state index is 0.265. The first-order valence-electron chi connectivity index (χ1n) is 6.79. The van der Waals surface area contributed by atoms with Crippen molar-refractivity contribution in [3.63, 3.8) is 0 Å². The summed E-state index contributed by atoms with van der Waals surface area (Å²) in [7, 11) is 0. The summed E-state index contributed by atoms with van der Waals surface area (Å²) in [6.07, 6.45) is 4.56. The van der Waals surface area contributed by atoms with Crippen molar-refractivity contribution >= 4 is 0 Å². The van der Waals surface area contributed by atoms with Crippen molar-refractivity contribution in [1.29, 1.82) is 0 Å². The van der Waals surface area contributed by atoms with Gasteiger partial charge in [-0.05, 0) is 42.4 Å². The lowest BCUT2D eigenvalue weighted by molar-refractivity contribution is 0.110. The number of aliphatic hydroxyl groups is 1. The highest BCUT2D eigenvalue weighted by molar-refractivity contribution is 5.18. The molecule has 1 fully saturated rings. The van der Waals surface area contributed by atoms with Crippen LogP contribution in [-0.2, 0) is 0 Å². The molecule has 18 heavy (non-hydrogen) atoms. The van der Waals surface area contributed by atoms with Gasteiger partial charge in [-0.15, -0.1) is 0 Å². The average Bonchev–Trinajstić information content (AvgIpc) is 2.33. The van der Waals surface area contributed by atoms with Crippen LogP contribution in [0.25, 0.3) is 0 Å². The Hall–Kier alpha value is -0.930. The summed E-state index contributed by atoms with van der Waals surface area (Å²) in [5.41, 5.74) is 1.23. The predicted molar refractivity (Wildman–Crippen MR) is 70.8 cm³/mol. The van der Waals surface area contributed by atoms with Crippen LogP contribution in [0.4, 0.5) is 4.39 Å². The van der Waals surface area contributed by atoms with Crippen LogP contribution in [0.5, 0.6) is 0 Å². The summed E-state index contributed by atoms with van der Waals surface area (Å²) in [5, 5.41) is 13.3. The van der Waals surface area contributed by atoms with Gasteiger partial charge in [0.25, 0.3) is 0 Å². The standard InChI is InChI=1S/C15H22FNO/c1-2-15(8-3-9-15)11-17-10-14(18)12-4-6-13(16)7-5-12/h4-7,14,17-18H,2-3,8-11H2,1H3. The molecule has 0 radical (unpaired) electrons. The minimum atomic E-state index is -0.556. The molecule has 2 nitrogen and oxygen atoms in total. The van der Waals surface area contributed by atoms with Crippen LogP contribution in [-0.4, -0.2) is 18.2 Å². The normalized spacial score (nSPS) is 19.3. The molecule has 1 aliphatic carbocycles. The molecule has 0 aromatic heterocycles. The molecule has 1 unspecified atom stereocenters. The van der Waals surface area contributed by atoms with E-state index in [1.807, 2.05) is 0 Å². The van der Waals surface area contributed by atoms with Crippen LogP contribution in [0.2, 0.25) is 0 Å². The summed E-state index contributed by atoms with van der Waals surface area (Å²) >= 11 is 0. The van der Waals surface area contributed by atoms with Crippen molar-refractivity contribution in [3.8, 4) is 0 Å². The highest BCUT2D eigenvalue weighted by Gasteiger charge is 2.34. The zero-order valence-electron chi connectivity index (χ0n) is 11.0. The zero-order valence-corrected chi connectivity index (χ0v) is 11.0. The molecule has 1 aromatic carbocycles. The third-order valence-electron chi connectivity index (χ3n) is 4.26. The van der Waals surface area contributed by atoms with E-state index < -0.39 is 6.10 Å². The highest BCUT2D eigenvalue weighted by atomic mass is 19.1. The number of nitrogens with one attached hydrogen (secondary N) is 1. The third-order valence-corrected chi connectivity index (χ3v) is 4.26. The van der Waals surface area contributed by atoms with E-state index in [4.69, 9.17) is 0 Å². The monoisotopic (exact) mass is 251 g/mol. The number of halogens is 1. The van der Waals surface area contributed by atoms with Crippen molar-refractivity contribution in [2.75, 3.05) is 13.1 Å². The van der Waals surface area contributed by atoms with Crippen LogP contribution in [0, 0.1) is 11.2 Å². The lowest BCUT2D eigenvalue weighted by Crippen LogP contribution is -2.40. The largest absolute Gasteiger partial charge is 0.387 e. The Labute approximate surface area is 108 Å². The van der Waals surface area contributed by atoms with E-state index in [1.54, 1.807) is 12.1 Å². The van der Waals surface area contributed by atoms with Gasteiger partial charge in [0.05, 0.1) is 6.10 Å². The molecule has 1 aliphatic rings. The van der Waals surface area contributed by atoms with E-state index in [9.17, 15) is 9.50 Å². The molecular weight excluding hydrogens is 229 g/mol. The maximum absolute atomic E-state index is 12.8. The van der Waals surface area contributed by atoms with E-state index in [0.717, 1.165) is 12.1 Å². The van der Waals surface area contributed by atoms with Crippen LogP contribution in [0.1, 0.15) is 44.3 Å². The van der Waals surface area contributed by atoms with E-state index in [-0.39, 0.29) is 5.82 Å². The van der Waals surface area contributed by atoms with Gasteiger partial charge >= 0.3 is 0 Å². The van der Waals surface area contributed by atoms with Crippen molar-refractivity contribution < 1.29 is 9.50 Å². The van der Waals surface area contributed by atoms with Crippen molar-refractivity contribution in [3.05, 3.63) is 35.6 Å². The third kappa shape index (κ3) is 3.09. The first kappa shape index (κ1) is 13.5. The predicted octanol–water partition coefficient (Wildman–Crippen LogP) is 3.03. The first-order chi connectivity index (χ1) is 8.65. The number of rotatable bonds is 6. The van der Waals surface area contributed by atoms with Crippen LogP contribution >= 0.6 is 0 Å². The Kier molecular flexibility index (Phi) is 4.36. The molecule has 2 N–H and O–H groups in total. The lowest BCUT2D eigenvalue weighted by atomic mass is 9.67. The second kappa shape index (κ2) is 5.81. The molecule has 0 bridgehead atoms. The lowest BCUT2D eigenvalue weighted by Gasteiger charge is -2.41. The van der Waals surface area contributed by atoms with Crippen molar-refractivity contribution in [2.24, 2.45) is 5.41 Å². The number of hydrogen-bond donors (Lipinski definition) is 2. The summed E-state index contributed by atoms with van der Waals surface area (Å²) in [4.78, 5) is 0. The van der Waals surface area contributed by atoms with Gasteiger partial charge in [-0.2, -0.15) is 0 Å². The average molecular weight is 251 g/mol. The van der Waals surface area contributed by atoms with Crippen LogP contribution < -0.4 is 5.32 Å². The number of hydrogen-bond acceptors (Lipinski definition) is 2. The molecule has 0 saturated heterocycles. The topological polar surface area (TPSA) is 32.3 Å². The maximum atomic E-state index is 12.8. The Balaban J connectivity index is 1.78. The molecule has 0 spiro atoms.